The lowest BCUT2D eigenvalue weighted by molar-refractivity contribution is 0.966. The molecule has 1 heterocycles. The van der Waals surface area contributed by atoms with Crippen molar-refractivity contribution < 1.29 is 0 Å². The molecule has 1 rings (SSSR count). The number of hydrogen-bond donors (Lipinski definition) is 4. The van der Waals surface area contributed by atoms with E-state index in [0.29, 0.717) is 3.97 Å². The van der Waals surface area contributed by atoms with E-state index in [2.05, 4.69) is 25.6 Å². The highest BCUT2D eigenvalue weighted by Gasteiger charge is 2.10. The van der Waals surface area contributed by atoms with Crippen LogP contribution in [-0.4, -0.2) is 7.94 Å². The highest BCUT2D eigenvalue weighted by Crippen LogP contribution is 2.05. The second-order valence-corrected chi connectivity index (χ2v) is 2.81. The zero-order valence-electron chi connectivity index (χ0n) is 5.76. The van der Waals surface area contributed by atoms with Crippen LogP contribution in [0.15, 0.2) is 9.59 Å². The van der Waals surface area contributed by atoms with Crippen molar-refractivity contribution in [2.24, 2.45) is 0 Å². The van der Waals surface area contributed by atoms with Crippen molar-refractivity contribution in [3.8, 4) is 0 Å². The Bertz CT molecular complexity index is 397. The highest BCUT2D eigenvalue weighted by molar-refractivity contribution is 7.79. The summed E-state index contributed by atoms with van der Waals surface area (Å²) in [4.78, 5) is 22.0. The molecule has 1 aromatic heterocycles. The van der Waals surface area contributed by atoms with Gasteiger partial charge >= 0.3 is 5.69 Å². The van der Waals surface area contributed by atoms with Gasteiger partial charge in [0.2, 0.25) is 0 Å². The lowest BCUT2D eigenvalue weighted by Gasteiger charge is -2.05. The highest BCUT2D eigenvalue weighted by atomic mass is 32.1. The summed E-state index contributed by atoms with van der Waals surface area (Å²) in [6, 6.07) is 0. The topological polar surface area (TPSA) is 96.0 Å². The van der Waals surface area contributed by atoms with Crippen molar-refractivity contribution >= 4 is 37.1 Å². The fourth-order valence-electron chi connectivity index (χ4n) is 0.617. The Kier molecular flexibility index (Phi) is 2.11. The fourth-order valence-corrected chi connectivity index (χ4v) is 1.08. The van der Waals surface area contributed by atoms with Gasteiger partial charge in [0.1, 0.15) is 11.5 Å². The summed E-state index contributed by atoms with van der Waals surface area (Å²) in [5, 5.41) is 0. The molecule has 0 saturated carbocycles. The van der Waals surface area contributed by atoms with Crippen LogP contribution in [0.4, 0.5) is 11.5 Å². The summed E-state index contributed by atoms with van der Waals surface area (Å²) >= 11 is 7.27. The number of rotatable bonds is 0. The van der Waals surface area contributed by atoms with Gasteiger partial charge in [-0.15, -0.1) is 0 Å². The van der Waals surface area contributed by atoms with Crippen LogP contribution in [-0.2, 0) is 0 Å². The van der Waals surface area contributed by atoms with Gasteiger partial charge in [-0.3, -0.25) is 4.79 Å². The molecule has 0 unspecified atom stereocenters. The minimum atomic E-state index is -0.752. The Balaban J connectivity index is 3.86. The summed E-state index contributed by atoms with van der Waals surface area (Å²) in [5.41, 5.74) is 8.76. The Morgan fingerprint density at radius 1 is 1.08 bits per heavy atom. The second kappa shape index (κ2) is 2.79. The standard InChI is InChI=1S/C4H6N4O2S2/c5-1-2(6)7(11)4(10)8(12)3(1)9/h11-12H,5-6H2. The minimum Gasteiger partial charge on any atom is -0.391 e. The first kappa shape index (κ1) is 9.07. The molecular weight excluding hydrogens is 200 g/mol. The molecule has 4 N–H and O–H groups in total. The van der Waals surface area contributed by atoms with Crippen LogP contribution in [0, 0.1) is 0 Å². The Hall–Kier alpha value is -1.02. The van der Waals surface area contributed by atoms with Crippen LogP contribution < -0.4 is 22.7 Å². The largest absolute Gasteiger partial charge is 0.391 e. The number of thiol groups is 2. The van der Waals surface area contributed by atoms with Crippen LogP contribution in [0.25, 0.3) is 0 Å². The molecule has 0 radical (unpaired) electrons. The molecular formula is C4H6N4O2S2. The van der Waals surface area contributed by atoms with Gasteiger partial charge in [0.15, 0.2) is 0 Å². The van der Waals surface area contributed by atoms with Crippen LogP contribution >= 0.6 is 25.6 Å². The molecule has 0 amide bonds. The van der Waals surface area contributed by atoms with Gasteiger partial charge in [-0.2, -0.15) is 0 Å². The smallest absolute Gasteiger partial charge is 0.352 e. The maximum absolute atomic E-state index is 11.0. The van der Waals surface area contributed by atoms with Crippen LogP contribution in [0.3, 0.4) is 0 Å². The molecule has 0 spiro atoms. The summed E-state index contributed by atoms with van der Waals surface area (Å²) in [7, 11) is 0. The molecule has 12 heavy (non-hydrogen) atoms. The van der Waals surface area contributed by atoms with Gasteiger partial charge in [0.05, 0.1) is 0 Å². The van der Waals surface area contributed by atoms with Gasteiger partial charge < -0.3 is 11.5 Å². The maximum Gasteiger partial charge on any atom is 0.352 e. The van der Waals surface area contributed by atoms with E-state index in [4.69, 9.17) is 11.5 Å². The predicted molar refractivity (Wildman–Crippen MR) is 52.6 cm³/mol. The van der Waals surface area contributed by atoms with Crippen LogP contribution in [0.5, 0.6) is 0 Å². The molecule has 0 aliphatic heterocycles. The fraction of sp³-hybridized carbons (Fsp3) is 0. The van der Waals surface area contributed by atoms with E-state index in [1.165, 1.54) is 0 Å². The molecule has 0 bridgehead atoms. The molecule has 0 aliphatic rings. The Morgan fingerprint density at radius 3 is 2.08 bits per heavy atom. The molecule has 66 valence electrons. The van der Waals surface area contributed by atoms with Crippen molar-refractivity contribution in [2.75, 3.05) is 11.5 Å². The third-order valence-electron chi connectivity index (χ3n) is 1.29. The average Bonchev–Trinajstić information content (AvgIpc) is 2.08. The average molecular weight is 206 g/mol. The van der Waals surface area contributed by atoms with Crippen molar-refractivity contribution in [1.29, 1.82) is 0 Å². The lowest BCUT2D eigenvalue weighted by atomic mass is 10.5. The predicted octanol–water partition coefficient (Wildman–Crippen LogP) is -1.44. The molecule has 6 nitrogen and oxygen atoms in total. The second-order valence-electron chi connectivity index (χ2n) is 2.01. The molecule has 8 heteroatoms. The van der Waals surface area contributed by atoms with Gasteiger partial charge in [-0.05, 0) is 0 Å². The Labute approximate surface area is 77.9 Å². The quantitative estimate of drug-likeness (QED) is 0.391. The third-order valence-corrected chi connectivity index (χ3v) is 2.03. The molecule has 0 saturated heterocycles. The first-order valence-corrected chi connectivity index (χ1v) is 3.58. The van der Waals surface area contributed by atoms with Crippen LogP contribution in [0.2, 0.25) is 0 Å². The monoisotopic (exact) mass is 206 g/mol. The van der Waals surface area contributed by atoms with Crippen LogP contribution in [0.1, 0.15) is 0 Å². The van der Waals surface area contributed by atoms with Crippen molar-refractivity contribution in [1.82, 2.24) is 7.94 Å². The summed E-state index contributed by atoms with van der Waals surface area (Å²) in [6.45, 7) is 0. The molecule has 0 fully saturated rings. The van der Waals surface area contributed by atoms with Gasteiger partial charge in [0, 0.05) is 0 Å². The van der Waals surface area contributed by atoms with E-state index in [0.717, 1.165) is 3.97 Å². The number of hydrogen-bond acceptors (Lipinski definition) is 6. The van der Waals surface area contributed by atoms with Crippen molar-refractivity contribution in [3.63, 3.8) is 0 Å². The lowest BCUT2D eigenvalue weighted by Crippen LogP contribution is -2.35. The zero-order chi connectivity index (χ0) is 9.46. The zero-order valence-corrected chi connectivity index (χ0v) is 7.55. The summed E-state index contributed by atoms with van der Waals surface area (Å²) in [5.74, 6) is -0.182. The first-order valence-electron chi connectivity index (χ1n) is 2.78. The van der Waals surface area contributed by atoms with E-state index in [1.54, 1.807) is 0 Å². The number of nitrogens with two attached hydrogens (primary N) is 2. The third kappa shape index (κ3) is 1.08. The SMILES string of the molecule is Nc1c(N)n(S)c(=O)n(S)c1=O. The van der Waals surface area contributed by atoms with E-state index in [9.17, 15) is 9.59 Å². The van der Waals surface area contributed by atoms with Crippen molar-refractivity contribution in [3.05, 3.63) is 20.8 Å². The van der Waals surface area contributed by atoms with Gasteiger partial charge in [-0.25, -0.2) is 12.7 Å². The van der Waals surface area contributed by atoms with Gasteiger partial charge in [-0.1, -0.05) is 25.6 Å². The molecule has 1 aromatic rings. The number of nitrogens with zero attached hydrogens (tertiary/aromatic N) is 2. The molecule has 0 atom stereocenters. The van der Waals surface area contributed by atoms with E-state index in [1.807, 2.05) is 0 Å². The first-order chi connectivity index (χ1) is 5.46. The van der Waals surface area contributed by atoms with E-state index in [-0.39, 0.29) is 11.5 Å². The summed E-state index contributed by atoms with van der Waals surface area (Å²) < 4.78 is 1.27. The summed E-state index contributed by atoms with van der Waals surface area (Å²) in [6.07, 6.45) is 0. The maximum atomic E-state index is 11.0. The minimum absolute atomic E-state index is 0.182. The number of anilines is 2. The Morgan fingerprint density at radius 2 is 1.58 bits per heavy atom. The van der Waals surface area contributed by atoms with Gasteiger partial charge in [0.25, 0.3) is 5.56 Å². The molecule has 0 aliphatic carbocycles. The van der Waals surface area contributed by atoms with E-state index >= 15 is 0 Å². The van der Waals surface area contributed by atoms with E-state index < -0.39 is 11.2 Å². The number of aromatic nitrogens is 2. The van der Waals surface area contributed by atoms with Crippen molar-refractivity contribution in [2.45, 2.75) is 0 Å². The number of nitrogen functional groups attached to an aromatic ring is 2. The molecule has 0 aromatic carbocycles. The normalized spacial score (nSPS) is 10.2.